The molecule has 0 aliphatic carbocycles. The minimum absolute atomic E-state index is 0.756. The highest BCUT2D eigenvalue weighted by Gasteiger charge is 2.09. The summed E-state index contributed by atoms with van der Waals surface area (Å²) in [4.78, 5) is 10.2. The zero-order chi connectivity index (χ0) is 14.3. The molecule has 1 N–H and O–H groups in total. The zero-order valence-corrected chi connectivity index (χ0v) is 12.9. The second-order valence-electron chi connectivity index (χ2n) is 4.97. The van der Waals surface area contributed by atoms with Gasteiger partial charge in [0.2, 0.25) is 0 Å². The van der Waals surface area contributed by atoms with E-state index < -0.39 is 0 Å². The van der Waals surface area contributed by atoms with E-state index in [1.807, 2.05) is 24.3 Å². The van der Waals surface area contributed by atoms with Crippen molar-refractivity contribution in [2.75, 3.05) is 51.8 Å². The van der Waals surface area contributed by atoms with E-state index in [2.05, 4.69) is 14.9 Å². The zero-order valence-electron chi connectivity index (χ0n) is 12.1. The Morgan fingerprint density at radius 3 is 2.95 bits per heavy atom. The van der Waals surface area contributed by atoms with Crippen molar-refractivity contribution in [1.82, 2.24) is 14.9 Å². The standard InChI is InChI=1S/C15H21N3O2S/c1-2-4-14-13(3-1)16-15(17-14)21-12-11-20-10-7-18-5-8-19-9-6-18/h1-4H,5-12H2,(H,16,17). The normalized spacial score (nSPS) is 16.6. The molecule has 0 radical (unpaired) electrons. The number of benzene rings is 1. The molecule has 0 unspecified atom stereocenters. The van der Waals surface area contributed by atoms with E-state index in [1.54, 1.807) is 11.8 Å². The highest BCUT2D eigenvalue weighted by atomic mass is 32.2. The van der Waals surface area contributed by atoms with Gasteiger partial charge in [0.25, 0.3) is 0 Å². The molecule has 1 aromatic heterocycles. The molecule has 1 aliphatic rings. The first kappa shape index (κ1) is 14.8. The lowest BCUT2D eigenvalue weighted by atomic mass is 10.3. The fraction of sp³-hybridized carbons (Fsp3) is 0.533. The quantitative estimate of drug-likeness (QED) is 0.626. The highest BCUT2D eigenvalue weighted by molar-refractivity contribution is 7.99. The van der Waals surface area contributed by atoms with Crippen molar-refractivity contribution in [3.05, 3.63) is 24.3 Å². The van der Waals surface area contributed by atoms with Crippen LogP contribution in [0.4, 0.5) is 0 Å². The van der Waals surface area contributed by atoms with E-state index in [9.17, 15) is 0 Å². The highest BCUT2D eigenvalue weighted by Crippen LogP contribution is 2.18. The lowest BCUT2D eigenvalue weighted by Crippen LogP contribution is -2.38. The number of para-hydroxylation sites is 2. The van der Waals surface area contributed by atoms with Crippen molar-refractivity contribution in [2.45, 2.75) is 5.16 Å². The predicted octanol–water partition coefficient (Wildman–Crippen LogP) is 2.00. The Balaban J connectivity index is 1.31. The molecule has 21 heavy (non-hydrogen) atoms. The maximum atomic E-state index is 5.69. The SMILES string of the molecule is c1ccc2[nH]c(SCCOCCN3CCOCC3)nc2c1. The topological polar surface area (TPSA) is 50.4 Å². The number of morpholine rings is 1. The Bertz CT molecular complexity index is 522. The van der Waals surface area contributed by atoms with E-state index in [0.29, 0.717) is 0 Å². The maximum absolute atomic E-state index is 5.69. The number of hydrogen-bond acceptors (Lipinski definition) is 5. The molecule has 1 aliphatic heterocycles. The van der Waals surface area contributed by atoms with E-state index in [0.717, 1.165) is 68.0 Å². The third-order valence-corrected chi connectivity index (χ3v) is 4.33. The van der Waals surface area contributed by atoms with E-state index in [-0.39, 0.29) is 0 Å². The summed E-state index contributed by atoms with van der Waals surface area (Å²) < 4.78 is 11.0. The fourth-order valence-electron chi connectivity index (χ4n) is 2.32. The van der Waals surface area contributed by atoms with Crippen LogP contribution in [0.1, 0.15) is 0 Å². The van der Waals surface area contributed by atoms with Crippen molar-refractivity contribution in [3.63, 3.8) is 0 Å². The molecule has 0 saturated carbocycles. The lowest BCUT2D eigenvalue weighted by Gasteiger charge is -2.26. The number of fused-ring (bicyclic) bond motifs is 1. The van der Waals surface area contributed by atoms with Gasteiger partial charge in [0.05, 0.1) is 37.5 Å². The molecule has 0 atom stereocenters. The van der Waals surface area contributed by atoms with Gasteiger partial charge in [0.15, 0.2) is 5.16 Å². The van der Waals surface area contributed by atoms with Crippen LogP contribution in [0.5, 0.6) is 0 Å². The summed E-state index contributed by atoms with van der Waals surface area (Å²) in [5, 5.41) is 0.966. The van der Waals surface area contributed by atoms with Crippen LogP contribution in [0, 0.1) is 0 Å². The van der Waals surface area contributed by atoms with Crippen molar-refractivity contribution in [1.29, 1.82) is 0 Å². The number of nitrogens with zero attached hydrogens (tertiary/aromatic N) is 2. The van der Waals surface area contributed by atoms with Gasteiger partial charge in [-0.3, -0.25) is 4.90 Å². The Labute approximate surface area is 129 Å². The maximum Gasteiger partial charge on any atom is 0.166 e. The molecule has 0 amide bonds. The molecule has 2 aromatic rings. The summed E-state index contributed by atoms with van der Waals surface area (Å²) in [7, 11) is 0. The molecule has 3 rings (SSSR count). The van der Waals surface area contributed by atoms with Crippen LogP contribution in [-0.2, 0) is 9.47 Å². The van der Waals surface area contributed by atoms with Gasteiger partial charge in [0, 0.05) is 25.4 Å². The van der Waals surface area contributed by atoms with Gasteiger partial charge < -0.3 is 14.5 Å². The number of thioether (sulfide) groups is 1. The van der Waals surface area contributed by atoms with E-state index in [1.165, 1.54) is 0 Å². The summed E-state index contributed by atoms with van der Waals surface area (Å²) >= 11 is 1.71. The number of imidazole rings is 1. The van der Waals surface area contributed by atoms with Crippen molar-refractivity contribution < 1.29 is 9.47 Å². The first-order chi connectivity index (χ1) is 10.4. The van der Waals surface area contributed by atoms with Gasteiger partial charge >= 0.3 is 0 Å². The lowest BCUT2D eigenvalue weighted by molar-refractivity contribution is 0.0221. The second-order valence-corrected chi connectivity index (χ2v) is 6.06. The number of H-pyrrole nitrogens is 1. The van der Waals surface area contributed by atoms with Gasteiger partial charge in [-0.2, -0.15) is 0 Å². The van der Waals surface area contributed by atoms with Gasteiger partial charge in [-0.15, -0.1) is 0 Å². The first-order valence-electron chi connectivity index (χ1n) is 7.37. The van der Waals surface area contributed by atoms with Gasteiger partial charge in [-0.1, -0.05) is 23.9 Å². The number of aromatic nitrogens is 2. The Hall–Kier alpha value is -1.08. The van der Waals surface area contributed by atoms with Gasteiger partial charge in [-0.25, -0.2) is 4.98 Å². The number of aromatic amines is 1. The van der Waals surface area contributed by atoms with E-state index in [4.69, 9.17) is 9.47 Å². The molecule has 114 valence electrons. The molecule has 5 nitrogen and oxygen atoms in total. The van der Waals surface area contributed by atoms with Crippen LogP contribution >= 0.6 is 11.8 Å². The molecule has 0 spiro atoms. The van der Waals surface area contributed by atoms with Gasteiger partial charge in [0.1, 0.15) is 0 Å². The third-order valence-electron chi connectivity index (χ3n) is 3.49. The summed E-state index contributed by atoms with van der Waals surface area (Å²) in [6.45, 7) is 6.30. The Kier molecular flexibility index (Phi) is 5.51. The second kappa shape index (κ2) is 7.79. The summed E-state index contributed by atoms with van der Waals surface area (Å²) in [5.74, 6) is 0.920. The molecule has 1 fully saturated rings. The van der Waals surface area contributed by atoms with Crippen LogP contribution in [0.3, 0.4) is 0 Å². The molecule has 0 bridgehead atoms. The molecular weight excluding hydrogens is 286 g/mol. The third kappa shape index (κ3) is 4.44. The minimum Gasteiger partial charge on any atom is -0.379 e. The van der Waals surface area contributed by atoms with Gasteiger partial charge in [-0.05, 0) is 12.1 Å². The predicted molar refractivity (Wildman–Crippen MR) is 84.9 cm³/mol. The average molecular weight is 307 g/mol. The Morgan fingerprint density at radius 2 is 2.10 bits per heavy atom. The van der Waals surface area contributed by atoms with Crippen molar-refractivity contribution >= 4 is 22.8 Å². The summed E-state index contributed by atoms with van der Waals surface area (Å²) in [5.41, 5.74) is 2.11. The van der Waals surface area contributed by atoms with Crippen LogP contribution in [-0.4, -0.2) is 66.7 Å². The molecule has 6 heteroatoms. The summed E-state index contributed by atoms with van der Waals surface area (Å²) in [6.07, 6.45) is 0. The molecule has 1 aromatic carbocycles. The van der Waals surface area contributed by atoms with Crippen LogP contribution < -0.4 is 0 Å². The molecular formula is C15H21N3O2S. The molecule has 2 heterocycles. The molecule has 1 saturated heterocycles. The van der Waals surface area contributed by atoms with Crippen molar-refractivity contribution in [3.8, 4) is 0 Å². The summed E-state index contributed by atoms with van der Waals surface area (Å²) in [6, 6.07) is 8.09. The first-order valence-corrected chi connectivity index (χ1v) is 8.36. The number of hydrogen-bond donors (Lipinski definition) is 1. The Morgan fingerprint density at radius 1 is 1.24 bits per heavy atom. The van der Waals surface area contributed by atoms with Crippen LogP contribution in [0.15, 0.2) is 29.4 Å². The fourth-order valence-corrected chi connectivity index (χ4v) is 3.06. The van der Waals surface area contributed by atoms with E-state index >= 15 is 0 Å². The smallest absolute Gasteiger partial charge is 0.166 e. The van der Waals surface area contributed by atoms with Crippen molar-refractivity contribution in [2.24, 2.45) is 0 Å². The number of rotatable bonds is 7. The van der Waals surface area contributed by atoms with Crippen LogP contribution in [0.2, 0.25) is 0 Å². The average Bonchev–Trinajstić information content (AvgIpc) is 2.94. The number of nitrogens with one attached hydrogen (secondary N) is 1. The number of ether oxygens (including phenoxy) is 2. The monoisotopic (exact) mass is 307 g/mol. The largest absolute Gasteiger partial charge is 0.379 e. The van der Waals surface area contributed by atoms with Crippen LogP contribution in [0.25, 0.3) is 11.0 Å². The minimum atomic E-state index is 0.756.